The summed E-state index contributed by atoms with van der Waals surface area (Å²) >= 11 is 2.34. The van der Waals surface area contributed by atoms with Crippen LogP contribution in [0.1, 0.15) is 62.1 Å². The van der Waals surface area contributed by atoms with Crippen molar-refractivity contribution in [1.82, 2.24) is 0 Å². The summed E-state index contributed by atoms with van der Waals surface area (Å²) in [6.07, 6.45) is 5.33. The Morgan fingerprint density at radius 2 is 1.80 bits per heavy atom. The Bertz CT molecular complexity index is 540. The van der Waals surface area contributed by atoms with Crippen LogP contribution in [0.15, 0.2) is 42.3 Å². The zero-order valence-electron chi connectivity index (χ0n) is 12.5. The fourth-order valence-corrected chi connectivity index (χ4v) is 3.92. The predicted octanol–water partition coefficient (Wildman–Crippen LogP) is 6.24. The molecule has 1 aromatic rings. The van der Waals surface area contributed by atoms with Crippen LogP contribution in [-0.4, -0.2) is 3.92 Å². The van der Waals surface area contributed by atoms with E-state index in [0.717, 1.165) is 0 Å². The smallest absolute Gasteiger partial charge is 0.120 e. The second kappa shape index (κ2) is 6.42. The third-order valence-corrected chi connectivity index (χ3v) is 4.99. The molecule has 0 N–H and O–H groups in total. The van der Waals surface area contributed by atoms with Crippen LogP contribution in [-0.2, 0) is 0 Å². The maximum absolute atomic E-state index is 13.4. The second-order valence-electron chi connectivity index (χ2n) is 6.04. The minimum atomic E-state index is -0.119. The Hall–Kier alpha value is -0.640. The summed E-state index contributed by atoms with van der Waals surface area (Å²) in [7, 11) is 0. The summed E-state index contributed by atoms with van der Waals surface area (Å²) in [5, 5.41) is 0. The van der Waals surface area contributed by atoms with Crippen LogP contribution in [0.5, 0.6) is 0 Å². The highest BCUT2D eigenvalue weighted by atomic mass is 127. The van der Waals surface area contributed by atoms with Gasteiger partial charge >= 0.3 is 0 Å². The van der Waals surface area contributed by atoms with Crippen molar-refractivity contribution in [3.8, 4) is 0 Å². The topological polar surface area (TPSA) is 0 Å². The number of halogens is 2. The third kappa shape index (κ3) is 3.16. The molecule has 1 unspecified atom stereocenters. The highest BCUT2D eigenvalue weighted by Gasteiger charge is 2.25. The van der Waals surface area contributed by atoms with Crippen LogP contribution in [0.4, 0.5) is 4.39 Å². The van der Waals surface area contributed by atoms with E-state index in [9.17, 15) is 4.39 Å². The van der Waals surface area contributed by atoms with Gasteiger partial charge in [0.2, 0.25) is 0 Å². The molecular formula is C18H22FI. The first-order valence-electron chi connectivity index (χ1n) is 7.24. The standard InChI is InChI=1S/C18H22FI/c1-11(2)14-6-5-7-16(18(14)12(3)4)15-9-8-13(19)10-17(15)20/h5-12,15,17H,1-4H3/t15?,17-/m0/s1. The summed E-state index contributed by atoms with van der Waals surface area (Å²) in [5.74, 6) is 1.15. The van der Waals surface area contributed by atoms with Gasteiger partial charge in [0.25, 0.3) is 0 Å². The largest absolute Gasteiger partial charge is 0.207 e. The molecule has 0 saturated heterocycles. The van der Waals surface area contributed by atoms with E-state index < -0.39 is 0 Å². The van der Waals surface area contributed by atoms with Crippen molar-refractivity contribution >= 4 is 22.6 Å². The van der Waals surface area contributed by atoms with E-state index in [1.54, 1.807) is 12.2 Å². The number of hydrogen-bond acceptors (Lipinski definition) is 0. The average molecular weight is 384 g/mol. The lowest BCUT2D eigenvalue weighted by atomic mass is 9.80. The fourth-order valence-electron chi connectivity index (χ4n) is 2.95. The van der Waals surface area contributed by atoms with Gasteiger partial charge in [0.1, 0.15) is 5.83 Å². The molecule has 1 aromatic carbocycles. The number of benzene rings is 1. The van der Waals surface area contributed by atoms with Crippen LogP contribution < -0.4 is 0 Å². The van der Waals surface area contributed by atoms with Crippen molar-refractivity contribution in [1.29, 1.82) is 0 Å². The van der Waals surface area contributed by atoms with E-state index in [4.69, 9.17) is 0 Å². The zero-order chi connectivity index (χ0) is 14.9. The van der Waals surface area contributed by atoms with E-state index in [1.807, 2.05) is 6.08 Å². The van der Waals surface area contributed by atoms with Gasteiger partial charge in [-0.25, -0.2) is 4.39 Å². The van der Waals surface area contributed by atoms with Gasteiger partial charge in [-0.15, -0.1) is 0 Å². The molecule has 1 aliphatic rings. The minimum absolute atomic E-state index is 0.119. The Morgan fingerprint density at radius 3 is 2.35 bits per heavy atom. The summed E-state index contributed by atoms with van der Waals surface area (Å²) in [6, 6.07) is 6.58. The molecule has 0 spiro atoms. The molecule has 1 aliphatic carbocycles. The molecule has 20 heavy (non-hydrogen) atoms. The Labute approximate surface area is 135 Å². The summed E-state index contributed by atoms with van der Waals surface area (Å²) in [5.41, 5.74) is 4.21. The lowest BCUT2D eigenvalue weighted by Crippen LogP contribution is -2.15. The molecule has 2 rings (SSSR count). The first-order valence-corrected chi connectivity index (χ1v) is 8.48. The highest BCUT2D eigenvalue weighted by molar-refractivity contribution is 14.1. The molecule has 0 fully saturated rings. The van der Waals surface area contributed by atoms with Crippen molar-refractivity contribution in [2.75, 3.05) is 0 Å². The average Bonchev–Trinajstić information content (AvgIpc) is 2.37. The maximum atomic E-state index is 13.4. The molecule has 2 heteroatoms. The van der Waals surface area contributed by atoms with Gasteiger partial charge in [-0.05, 0) is 40.7 Å². The summed E-state index contributed by atoms with van der Waals surface area (Å²) in [4.78, 5) is 0. The monoisotopic (exact) mass is 384 g/mol. The number of alkyl halides is 1. The Kier molecular flexibility index (Phi) is 5.05. The molecule has 0 radical (unpaired) electrons. The van der Waals surface area contributed by atoms with E-state index in [0.29, 0.717) is 11.8 Å². The first kappa shape index (κ1) is 15.7. The van der Waals surface area contributed by atoms with E-state index in [1.165, 1.54) is 16.7 Å². The van der Waals surface area contributed by atoms with Gasteiger partial charge in [0, 0.05) is 9.84 Å². The second-order valence-corrected chi connectivity index (χ2v) is 7.48. The Morgan fingerprint density at radius 1 is 1.10 bits per heavy atom. The lowest BCUT2D eigenvalue weighted by molar-refractivity contribution is 0.646. The van der Waals surface area contributed by atoms with Gasteiger partial charge in [-0.2, -0.15) is 0 Å². The molecule has 2 atom stereocenters. The SMILES string of the molecule is CC(C)c1cccc(C2C=CC(F)=C[C@@H]2I)c1C(C)C. The van der Waals surface area contributed by atoms with Gasteiger partial charge in [0.15, 0.2) is 0 Å². The number of rotatable bonds is 3. The molecule has 0 aliphatic heterocycles. The normalized spacial score (nSPS) is 22.5. The minimum Gasteiger partial charge on any atom is -0.207 e. The van der Waals surface area contributed by atoms with Crippen molar-refractivity contribution in [3.63, 3.8) is 0 Å². The lowest BCUT2D eigenvalue weighted by Gasteiger charge is -2.27. The van der Waals surface area contributed by atoms with Crippen LogP contribution in [0.3, 0.4) is 0 Å². The van der Waals surface area contributed by atoms with Crippen molar-refractivity contribution in [2.24, 2.45) is 0 Å². The highest BCUT2D eigenvalue weighted by Crippen LogP contribution is 2.39. The zero-order valence-corrected chi connectivity index (χ0v) is 14.7. The number of hydrogen-bond donors (Lipinski definition) is 0. The molecule has 0 amide bonds. The van der Waals surface area contributed by atoms with E-state index in [-0.39, 0.29) is 15.7 Å². The van der Waals surface area contributed by atoms with Crippen LogP contribution in [0, 0.1) is 0 Å². The van der Waals surface area contributed by atoms with Crippen LogP contribution in [0.25, 0.3) is 0 Å². The summed E-state index contributed by atoms with van der Waals surface area (Å²) in [6.45, 7) is 8.97. The van der Waals surface area contributed by atoms with E-state index >= 15 is 0 Å². The molecule has 0 aromatic heterocycles. The number of allylic oxidation sites excluding steroid dienone is 4. The van der Waals surface area contributed by atoms with Gasteiger partial charge in [0.05, 0.1) is 0 Å². The molecule has 0 saturated carbocycles. The quantitative estimate of drug-likeness (QED) is 0.427. The molecule has 0 heterocycles. The third-order valence-electron chi connectivity index (χ3n) is 3.86. The van der Waals surface area contributed by atoms with Crippen molar-refractivity contribution in [2.45, 2.75) is 49.4 Å². The van der Waals surface area contributed by atoms with Gasteiger partial charge in [-0.3, -0.25) is 0 Å². The maximum Gasteiger partial charge on any atom is 0.120 e. The van der Waals surface area contributed by atoms with Crippen molar-refractivity contribution < 1.29 is 4.39 Å². The van der Waals surface area contributed by atoms with E-state index in [2.05, 4.69) is 68.5 Å². The molecular weight excluding hydrogens is 362 g/mol. The molecule has 0 bridgehead atoms. The molecule has 108 valence electrons. The predicted molar refractivity (Wildman–Crippen MR) is 93.5 cm³/mol. The molecule has 0 nitrogen and oxygen atoms in total. The van der Waals surface area contributed by atoms with Crippen LogP contribution in [0.2, 0.25) is 0 Å². The van der Waals surface area contributed by atoms with Gasteiger partial charge in [-0.1, -0.05) is 74.6 Å². The fraction of sp³-hybridized carbons (Fsp3) is 0.444. The first-order chi connectivity index (χ1) is 9.41. The Balaban J connectivity index is 2.52. The van der Waals surface area contributed by atoms with Gasteiger partial charge < -0.3 is 0 Å². The van der Waals surface area contributed by atoms with Crippen LogP contribution >= 0.6 is 22.6 Å². The van der Waals surface area contributed by atoms with Crippen molar-refractivity contribution in [3.05, 3.63) is 58.9 Å². The summed E-state index contributed by atoms with van der Waals surface area (Å²) < 4.78 is 13.5.